The summed E-state index contributed by atoms with van der Waals surface area (Å²) in [5.41, 5.74) is 1.12. The third-order valence-electron chi connectivity index (χ3n) is 2.73. The number of hydrogen-bond donors (Lipinski definition) is 3. The first-order valence-electron chi connectivity index (χ1n) is 5.97. The Bertz CT molecular complexity index is 614. The highest BCUT2D eigenvalue weighted by atomic mass is 35.5. The minimum absolute atomic E-state index is 0.0547. The number of pyridine rings is 1. The van der Waals surface area contributed by atoms with E-state index < -0.39 is 5.97 Å². The summed E-state index contributed by atoms with van der Waals surface area (Å²) in [5, 5.41) is 21.3. The Kier molecular flexibility index (Phi) is 4.42. The summed E-state index contributed by atoms with van der Waals surface area (Å²) >= 11 is 5.95. The largest absolute Gasteiger partial charge is 0.508 e. The minimum Gasteiger partial charge on any atom is -0.508 e. The van der Waals surface area contributed by atoms with Gasteiger partial charge in [0.15, 0.2) is 0 Å². The number of nitrogens with one attached hydrogen (secondary N) is 1. The molecule has 0 fully saturated rings. The standard InChI is InChI=1S/C14H13ClN2O3/c15-12-7-10(14(19)20)8-17-13(12)16-6-5-9-1-3-11(18)4-2-9/h1-4,7-8,18H,5-6H2,(H,16,17)(H,19,20). The van der Waals surface area contributed by atoms with E-state index >= 15 is 0 Å². The number of aromatic carboxylic acids is 1. The number of aromatic nitrogens is 1. The lowest BCUT2D eigenvalue weighted by Gasteiger charge is -2.08. The topological polar surface area (TPSA) is 82.5 Å². The number of phenolic OH excluding ortho intramolecular Hbond substituents is 1. The van der Waals surface area contributed by atoms with Crippen molar-refractivity contribution in [2.75, 3.05) is 11.9 Å². The zero-order valence-corrected chi connectivity index (χ0v) is 11.3. The lowest BCUT2D eigenvalue weighted by molar-refractivity contribution is 0.0696. The molecule has 0 bridgehead atoms. The number of anilines is 1. The molecular formula is C14H13ClN2O3. The molecule has 0 atom stereocenters. The molecule has 0 aliphatic heterocycles. The van der Waals surface area contributed by atoms with Crippen LogP contribution in [-0.4, -0.2) is 27.7 Å². The molecule has 0 amide bonds. The molecule has 0 spiro atoms. The molecule has 1 aromatic heterocycles. The Morgan fingerprint density at radius 1 is 1.30 bits per heavy atom. The summed E-state index contributed by atoms with van der Waals surface area (Å²) in [6, 6.07) is 8.28. The molecule has 0 aliphatic rings. The van der Waals surface area contributed by atoms with Crippen molar-refractivity contribution in [3.05, 3.63) is 52.7 Å². The van der Waals surface area contributed by atoms with Crippen LogP contribution < -0.4 is 5.32 Å². The lowest BCUT2D eigenvalue weighted by atomic mass is 10.1. The fraction of sp³-hybridized carbons (Fsp3) is 0.143. The van der Waals surface area contributed by atoms with Gasteiger partial charge in [-0.1, -0.05) is 23.7 Å². The maximum atomic E-state index is 10.8. The summed E-state index contributed by atoms with van der Waals surface area (Å²) < 4.78 is 0. The number of phenols is 1. The van der Waals surface area contributed by atoms with Crippen molar-refractivity contribution in [2.24, 2.45) is 0 Å². The second-order valence-corrected chi connectivity index (χ2v) is 4.61. The van der Waals surface area contributed by atoms with Crippen molar-refractivity contribution in [2.45, 2.75) is 6.42 Å². The van der Waals surface area contributed by atoms with E-state index in [4.69, 9.17) is 16.7 Å². The van der Waals surface area contributed by atoms with E-state index in [9.17, 15) is 9.90 Å². The molecule has 20 heavy (non-hydrogen) atoms. The van der Waals surface area contributed by atoms with Gasteiger partial charge >= 0.3 is 5.97 Å². The molecule has 0 aliphatic carbocycles. The average Bonchev–Trinajstić information content (AvgIpc) is 2.42. The third kappa shape index (κ3) is 3.61. The smallest absolute Gasteiger partial charge is 0.337 e. The van der Waals surface area contributed by atoms with Gasteiger partial charge in [-0.3, -0.25) is 0 Å². The van der Waals surface area contributed by atoms with Gasteiger partial charge in [-0.25, -0.2) is 9.78 Å². The molecule has 3 N–H and O–H groups in total. The van der Waals surface area contributed by atoms with Crippen molar-refractivity contribution in [1.29, 1.82) is 0 Å². The summed E-state index contributed by atoms with van der Waals surface area (Å²) in [4.78, 5) is 14.7. The van der Waals surface area contributed by atoms with Gasteiger partial charge in [-0.2, -0.15) is 0 Å². The van der Waals surface area contributed by atoms with E-state index in [1.165, 1.54) is 12.3 Å². The van der Waals surface area contributed by atoms with Gasteiger partial charge in [0.25, 0.3) is 0 Å². The molecule has 6 heteroatoms. The van der Waals surface area contributed by atoms with Crippen molar-refractivity contribution in [3.8, 4) is 5.75 Å². The number of carboxylic acids is 1. The van der Waals surface area contributed by atoms with Gasteiger partial charge in [0.2, 0.25) is 0 Å². The van der Waals surface area contributed by atoms with Crippen molar-refractivity contribution >= 4 is 23.4 Å². The zero-order valence-electron chi connectivity index (χ0n) is 10.5. The molecule has 0 radical (unpaired) electrons. The van der Waals surface area contributed by atoms with Crippen molar-refractivity contribution in [1.82, 2.24) is 4.98 Å². The quantitative estimate of drug-likeness (QED) is 0.789. The summed E-state index contributed by atoms with van der Waals surface area (Å²) in [6.45, 7) is 0.601. The predicted octanol–water partition coefficient (Wildman–Crippen LogP) is 2.79. The summed E-state index contributed by atoms with van der Waals surface area (Å²) in [5.74, 6) is -0.374. The maximum absolute atomic E-state index is 10.8. The average molecular weight is 293 g/mol. The Morgan fingerprint density at radius 3 is 2.60 bits per heavy atom. The van der Waals surface area contributed by atoms with Crippen LogP contribution in [0, 0.1) is 0 Å². The number of halogens is 1. The molecule has 104 valence electrons. The number of hydrogen-bond acceptors (Lipinski definition) is 4. The highest BCUT2D eigenvalue weighted by molar-refractivity contribution is 6.33. The molecule has 5 nitrogen and oxygen atoms in total. The monoisotopic (exact) mass is 292 g/mol. The number of carboxylic acid groups (broad SMARTS) is 1. The van der Waals surface area contributed by atoms with Crippen LogP contribution in [0.4, 0.5) is 5.82 Å². The second-order valence-electron chi connectivity index (χ2n) is 4.20. The van der Waals surface area contributed by atoms with Gasteiger partial charge in [0, 0.05) is 12.7 Å². The highest BCUT2D eigenvalue weighted by Crippen LogP contribution is 2.20. The Morgan fingerprint density at radius 2 is 2.00 bits per heavy atom. The second kappa shape index (κ2) is 6.25. The van der Waals surface area contributed by atoms with Crippen LogP contribution in [0.2, 0.25) is 5.02 Å². The van der Waals surface area contributed by atoms with E-state index in [2.05, 4.69) is 10.3 Å². The lowest BCUT2D eigenvalue weighted by Crippen LogP contribution is -2.08. The van der Waals surface area contributed by atoms with Crippen LogP contribution in [-0.2, 0) is 6.42 Å². The Balaban J connectivity index is 1.94. The SMILES string of the molecule is O=C(O)c1cnc(NCCc2ccc(O)cc2)c(Cl)c1. The van der Waals surface area contributed by atoms with E-state index in [1.54, 1.807) is 12.1 Å². The number of rotatable bonds is 5. The third-order valence-corrected chi connectivity index (χ3v) is 3.02. The first kappa shape index (κ1) is 14.1. The van der Waals surface area contributed by atoms with Crippen LogP contribution >= 0.6 is 11.6 Å². The van der Waals surface area contributed by atoms with Crippen molar-refractivity contribution in [3.63, 3.8) is 0 Å². The van der Waals surface area contributed by atoms with Gasteiger partial charge in [0.1, 0.15) is 11.6 Å². The van der Waals surface area contributed by atoms with Crippen molar-refractivity contribution < 1.29 is 15.0 Å². The molecule has 0 saturated heterocycles. The van der Waals surface area contributed by atoms with E-state index in [0.29, 0.717) is 12.4 Å². The van der Waals surface area contributed by atoms with E-state index in [1.807, 2.05) is 12.1 Å². The van der Waals surface area contributed by atoms with Crippen LogP contribution in [0.5, 0.6) is 5.75 Å². The molecule has 2 aromatic rings. The van der Waals surface area contributed by atoms with Gasteiger partial charge in [0.05, 0.1) is 10.6 Å². The fourth-order valence-electron chi connectivity index (χ4n) is 1.67. The van der Waals surface area contributed by atoms with Crippen LogP contribution in [0.1, 0.15) is 15.9 Å². The predicted molar refractivity (Wildman–Crippen MR) is 76.5 cm³/mol. The van der Waals surface area contributed by atoms with Crippen LogP contribution in [0.25, 0.3) is 0 Å². The zero-order chi connectivity index (χ0) is 14.5. The van der Waals surface area contributed by atoms with Crippen LogP contribution in [0.15, 0.2) is 36.5 Å². The number of carbonyl (C=O) groups is 1. The maximum Gasteiger partial charge on any atom is 0.337 e. The molecule has 0 saturated carbocycles. The minimum atomic E-state index is -1.06. The van der Waals surface area contributed by atoms with Gasteiger partial charge in [-0.15, -0.1) is 0 Å². The number of nitrogens with zero attached hydrogens (tertiary/aromatic N) is 1. The van der Waals surface area contributed by atoms with E-state index in [-0.39, 0.29) is 16.3 Å². The Hall–Kier alpha value is -2.27. The van der Waals surface area contributed by atoms with Crippen LogP contribution in [0.3, 0.4) is 0 Å². The normalized spacial score (nSPS) is 10.2. The molecule has 0 unspecified atom stereocenters. The number of aromatic hydroxyl groups is 1. The molecular weight excluding hydrogens is 280 g/mol. The first-order valence-corrected chi connectivity index (χ1v) is 6.34. The molecule has 1 heterocycles. The first-order chi connectivity index (χ1) is 9.56. The van der Waals surface area contributed by atoms with Gasteiger partial charge in [-0.05, 0) is 30.2 Å². The number of benzene rings is 1. The van der Waals surface area contributed by atoms with E-state index in [0.717, 1.165) is 12.0 Å². The molecule has 2 rings (SSSR count). The summed E-state index contributed by atoms with van der Waals surface area (Å²) in [6.07, 6.45) is 2.00. The fourth-order valence-corrected chi connectivity index (χ4v) is 1.91. The summed E-state index contributed by atoms with van der Waals surface area (Å²) in [7, 11) is 0. The highest BCUT2D eigenvalue weighted by Gasteiger charge is 2.08. The van der Waals surface area contributed by atoms with Gasteiger partial charge < -0.3 is 15.5 Å². The Labute approximate surface area is 120 Å². The molecule has 1 aromatic carbocycles.